The van der Waals surface area contributed by atoms with Crippen LogP contribution in [0.5, 0.6) is 11.5 Å². The molecule has 180 valence electrons. The van der Waals surface area contributed by atoms with E-state index in [0.29, 0.717) is 22.8 Å². The van der Waals surface area contributed by atoms with Gasteiger partial charge in [-0.05, 0) is 24.3 Å². The number of allylic oxidation sites excluding steroid dienone is 8. The van der Waals surface area contributed by atoms with Gasteiger partial charge in [-0.2, -0.15) is 12.2 Å². The van der Waals surface area contributed by atoms with Gasteiger partial charge >= 0.3 is 28.3 Å². The second kappa shape index (κ2) is 10.7. The van der Waals surface area contributed by atoms with Crippen LogP contribution in [-0.2, 0) is 17.1 Å². The molecule has 0 fully saturated rings. The van der Waals surface area contributed by atoms with Crippen molar-refractivity contribution in [2.75, 3.05) is 0 Å². The molecule has 0 spiro atoms. The van der Waals surface area contributed by atoms with E-state index in [1.54, 1.807) is 54.6 Å². The molecule has 36 heavy (non-hydrogen) atoms. The number of rotatable bonds is 3. The van der Waals surface area contributed by atoms with Gasteiger partial charge in [-0.1, -0.05) is 24.3 Å². The fourth-order valence-electron chi connectivity index (χ4n) is 4.22. The molecule has 4 aromatic rings. The summed E-state index contributed by atoms with van der Waals surface area (Å²) in [6.45, 7) is 0. The van der Waals surface area contributed by atoms with Gasteiger partial charge < -0.3 is 19.0 Å². The first-order valence-electron chi connectivity index (χ1n) is 11.0. The zero-order valence-corrected chi connectivity index (χ0v) is 20.0. The van der Waals surface area contributed by atoms with Gasteiger partial charge in [0, 0.05) is 5.92 Å². The van der Waals surface area contributed by atoms with E-state index in [4.69, 9.17) is 8.83 Å². The zero-order chi connectivity index (χ0) is 24.4. The van der Waals surface area contributed by atoms with Crippen LogP contribution >= 0.6 is 0 Å². The van der Waals surface area contributed by atoms with Crippen molar-refractivity contribution >= 4 is 21.9 Å². The average Bonchev–Trinajstić information content (AvgIpc) is 3.60. The van der Waals surface area contributed by atoms with E-state index in [1.165, 1.54) is 0 Å². The van der Waals surface area contributed by atoms with Crippen LogP contribution in [0, 0.1) is 12.2 Å². The van der Waals surface area contributed by atoms with E-state index < -0.39 is 17.2 Å². The Balaban J connectivity index is 0.000000455. The summed E-state index contributed by atoms with van der Waals surface area (Å²) in [7, 11) is 0. The SMILES string of the molecule is O=c1oc2ccccc2c(O)c1C(C1=[C-]CC=C1)c1c(O)c2ccccc2oc1=O.[C-]1=CC=CC1.[Fe+2]. The molecule has 2 aliphatic rings. The molecule has 2 heterocycles. The molecular weight excluding hydrogens is 500 g/mol. The number of fused-ring (bicyclic) bond motifs is 2. The molecule has 0 bridgehead atoms. The summed E-state index contributed by atoms with van der Waals surface area (Å²) in [5.74, 6) is -1.73. The minimum atomic E-state index is -1.11. The van der Waals surface area contributed by atoms with Crippen LogP contribution in [0.1, 0.15) is 29.9 Å². The standard InChI is InChI=1S/C24H15O6.C5H5.Fe/c25-21-14-9-3-5-11-16(14)29-23(27)19(21)18(13-7-1-2-8-13)20-22(26)15-10-4-6-12-17(15)30-24(20)28;1-2-4-5-3-1;/h1,3-7,9-12,18,25-26H,2H2;1-3H,4H2;/q2*-1;+2. The first kappa shape index (κ1) is 25.0. The summed E-state index contributed by atoms with van der Waals surface area (Å²) in [4.78, 5) is 25.8. The van der Waals surface area contributed by atoms with Crippen molar-refractivity contribution in [2.24, 2.45) is 0 Å². The third-order valence-corrected chi connectivity index (χ3v) is 5.84. The van der Waals surface area contributed by atoms with Crippen LogP contribution in [0.3, 0.4) is 0 Å². The maximum Gasteiger partial charge on any atom is 2.00 e. The van der Waals surface area contributed by atoms with Crippen molar-refractivity contribution in [3.05, 3.63) is 129 Å². The molecule has 2 aromatic carbocycles. The molecule has 0 aliphatic heterocycles. The first-order valence-corrected chi connectivity index (χ1v) is 11.0. The second-order valence-corrected chi connectivity index (χ2v) is 7.97. The van der Waals surface area contributed by atoms with Gasteiger partial charge in [0.1, 0.15) is 22.7 Å². The van der Waals surface area contributed by atoms with Crippen LogP contribution in [-0.4, -0.2) is 10.2 Å². The Labute approximate surface area is 216 Å². The van der Waals surface area contributed by atoms with E-state index in [-0.39, 0.29) is 50.9 Å². The molecule has 6 rings (SSSR count). The Morgan fingerprint density at radius 1 is 0.778 bits per heavy atom. The van der Waals surface area contributed by atoms with Gasteiger partial charge in [0.2, 0.25) is 0 Å². The fraction of sp³-hybridized carbons (Fsp3) is 0.103. The third kappa shape index (κ3) is 4.59. The minimum absolute atomic E-state index is 0. The Morgan fingerprint density at radius 2 is 1.33 bits per heavy atom. The van der Waals surface area contributed by atoms with Crippen LogP contribution in [0.25, 0.3) is 21.9 Å². The van der Waals surface area contributed by atoms with Crippen molar-refractivity contribution in [3.8, 4) is 11.5 Å². The van der Waals surface area contributed by atoms with Crippen LogP contribution in [0.2, 0.25) is 0 Å². The Bertz CT molecular complexity index is 1560. The number of benzene rings is 2. The Hall–Kier alpha value is -4.06. The van der Waals surface area contributed by atoms with Crippen molar-refractivity contribution in [3.63, 3.8) is 0 Å². The molecule has 6 nitrogen and oxygen atoms in total. The molecule has 0 saturated heterocycles. The van der Waals surface area contributed by atoms with Crippen molar-refractivity contribution in [1.29, 1.82) is 0 Å². The van der Waals surface area contributed by atoms with Crippen molar-refractivity contribution in [1.82, 2.24) is 0 Å². The largest absolute Gasteiger partial charge is 2.00 e. The molecule has 2 aromatic heterocycles. The molecule has 2 aliphatic carbocycles. The molecule has 0 unspecified atom stereocenters. The second-order valence-electron chi connectivity index (χ2n) is 7.97. The van der Waals surface area contributed by atoms with Gasteiger partial charge in [-0.15, -0.1) is 12.8 Å². The topological polar surface area (TPSA) is 101 Å². The molecule has 2 N–H and O–H groups in total. The van der Waals surface area contributed by atoms with Gasteiger partial charge in [-0.25, -0.2) is 33.4 Å². The van der Waals surface area contributed by atoms with Crippen LogP contribution < -0.4 is 11.3 Å². The van der Waals surface area contributed by atoms with E-state index in [2.05, 4.69) is 18.2 Å². The first-order chi connectivity index (χ1) is 17.1. The molecular formula is C29H20FeO6. The predicted octanol–water partition coefficient (Wildman–Crippen LogP) is 5.44. The van der Waals surface area contributed by atoms with Crippen LogP contribution in [0.15, 0.2) is 103 Å². The van der Waals surface area contributed by atoms with Crippen molar-refractivity contribution in [2.45, 2.75) is 18.8 Å². The van der Waals surface area contributed by atoms with Crippen molar-refractivity contribution < 1.29 is 36.1 Å². The van der Waals surface area contributed by atoms with E-state index in [0.717, 1.165) is 6.42 Å². The molecule has 0 atom stereocenters. The summed E-state index contributed by atoms with van der Waals surface area (Å²) in [6.07, 6.45) is 17.1. The van der Waals surface area contributed by atoms with Gasteiger partial charge in [-0.3, -0.25) is 12.2 Å². The normalized spacial score (nSPS) is 13.6. The monoisotopic (exact) mass is 520 g/mol. The fourth-order valence-corrected chi connectivity index (χ4v) is 4.22. The third-order valence-electron chi connectivity index (χ3n) is 5.84. The van der Waals surface area contributed by atoms with Gasteiger partial charge in [0.25, 0.3) is 0 Å². The van der Waals surface area contributed by atoms with E-state index >= 15 is 0 Å². The van der Waals surface area contributed by atoms with Crippen LogP contribution in [0.4, 0.5) is 0 Å². The maximum atomic E-state index is 12.9. The summed E-state index contributed by atoms with van der Waals surface area (Å²) >= 11 is 0. The van der Waals surface area contributed by atoms with E-state index in [1.807, 2.05) is 18.2 Å². The Morgan fingerprint density at radius 3 is 1.75 bits per heavy atom. The number of hydrogen-bond acceptors (Lipinski definition) is 6. The predicted molar refractivity (Wildman–Crippen MR) is 132 cm³/mol. The Kier molecular flexibility index (Phi) is 7.44. The van der Waals surface area contributed by atoms with Gasteiger partial charge in [0.15, 0.2) is 0 Å². The smallest absolute Gasteiger partial charge is 0.507 e. The molecule has 0 radical (unpaired) electrons. The summed E-state index contributed by atoms with van der Waals surface area (Å²) in [6, 6.07) is 13.1. The maximum absolute atomic E-state index is 12.9. The molecule has 7 heteroatoms. The number of hydrogen-bond donors (Lipinski definition) is 2. The minimum Gasteiger partial charge on any atom is -0.507 e. The summed E-state index contributed by atoms with van der Waals surface area (Å²) < 4.78 is 10.8. The average molecular weight is 520 g/mol. The summed E-state index contributed by atoms with van der Waals surface area (Å²) in [5, 5.41) is 22.6. The summed E-state index contributed by atoms with van der Waals surface area (Å²) in [5.41, 5.74) is -1.02. The van der Waals surface area contributed by atoms with E-state index in [9.17, 15) is 19.8 Å². The molecule has 0 saturated carbocycles. The quantitative estimate of drug-likeness (QED) is 0.212. The van der Waals surface area contributed by atoms with Gasteiger partial charge in [0.05, 0.1) is 21.9 Å². The number of aromatic hydroxyl groups is 2. The zero-order valence-electron chi connectivity index (χ0n) is 18.9. The molecule has 0 amide bonds. The number of para-hydroxylation sites is 2.